The van der Waals surface area contributed by atoms with Crippen LogP contribution in [-0.4, -0.2) is 34.3 Å². The molecule has 23 heavy (non-hydrogen) atoms. The molecule has 0 spiro atoms. The van der Waals surface area contributed by atoms with Crippen LogP contribution in [0.5, 0.6) is 0 Å². The quantitative estimate of drug-likeness (QED) is 0.915. The maximum atomic E-state index is 5.79. The Morgan fingerprint density at radius 1 is 1.22 bits per heavy atom. The number of halogens is 2. The lowest BCUT2D eigenvalue weighted by Crippen LogP contribution is -2.23. The number of hydrogen-bond donors (Lipinski definition) is 1. The summed E-state index contributed by atoms with van der Waals surface area (Å²) in [6, 6.07) is 10.7. The molecule has 1 aliphatic rings. The Kier molecular flexibility index (Phi) is 7.55. The highest BCUT2D eigenvalue weighted by Gasteiger charge is 2.22. The SMILES string of the molecule is Cc1cc(C)n(-c2ccccc2CN2CCC(CN)C2)n1.Cl.Cl. The Labute approximate surface area is 150 Å². The summed E-state index contributed by atoms with van der Waals surface area (Å²) < 4.78 is 2.06. The lowest BCUT2D eigenvalue weighted by molar-refractivity contribution is 0.317. The van der Waals surface area contributed by atoms with Crippen molar-refractivity contribution in [3.8, 4) is 5.69 Å². The first kappa shape index (κ1) is 20.0. The number of rotatable bonds is 4. The molecule has 1 fully saturated rings. The largest absolute Gasteiger partial charge is 0.330 e. The number of likely N-dealkylation sites (tertiary alicyclic amines) is 1. The van der Waals surface area contributed by atoms with Crippen molar-refractivity contribution in [1.29, 1.82) is 0 Å². The molecule has 128 valence electrons. The molecule has 6 heteroatoms. The van der Waals surface area contributed by atoms with Gasteiger partial charge in [-0.1, -0.05) is 18.2 Å². The van der Waals surface area contributed by atoms with Crippen molar-refractivity contribution in [2.45, 2.75) is 26.8 Å². The van der Waals surface area contributed by atoms with E-state index in [1.54, 1.807) is 0 Å². The van der Waals surface area contributed by atoms with Crippen LogP contribution in [0.2, 0.25) is 0 Å². The molecule has 0 saturated carbocycles. The van der Waals surface area contributed by atoms with Crippen molar-refractivity contribution in [2.75, 3.05) is 19.6 Å². The summed E-state index contributed by atoms with van der Waals surface area (Å²) in [5.74, 6) is 0.658. The number of benzene rings is 1. The topological polar surface area (TPSA) is 47.1 Å². The summed E-state index contributed by atoms with van der Waals surface area (Å²) in [5, 5.41) is 4.62. The van der Waals surface area contributed by atoms with E-state index >= 15 is 0 Å². The monoisotopic (exact) mass is 356 g/mol. The van der Waals surface area contributed by atoms with E-state index in [-0.39, 0.29) is 24.8 Å². The van der Waals surface area contributed by atoms with Crippen molar-refractivity contribution in [2.24, 2.45) is 11.7 Å². The van der Waals surface area contributed by atoms with Gasteiger partial charge in [0.1, 0.15) is 0 Å². The summed E-state index contributed by atoms with van der Waals surface area (Å²) in [6.45, 7) is 8.19. The molecular formula is C17H26Cl2N4. The predicted octanol–water partition coefficient (Wildman–Crippen LogP) is 3.11. The zero-order chi connectivity index (χ0) is 14.8. The van der Waals surface area contributed by atoms with E-state index in [0.717, 1.165) is 31.9 Å². The van der Waals surface area contributed by atoms with E-state index in [4.69, 9.17) is 5.73 Å². The van der Waals surface area contributed by atoms with Gasteiger partial charge in [-0.25, -0.2) is 4.68 Å². The number of para-hydroxylation sites is 1. The maximum absolute atomic E-state index is 5.79. The molecule has 4 nitrogen and oxygen atoms in total. The van der Waals surface area contributed by atoms with Crippen LogP contribution >= 0.6 is 24.8 Å². The Balaban J connectivity index is 0.00000132. The van der Waals surface area contributed by atoms with Gasteiger partial charge in [-0.3, -0.25) is 4.90 Å². The minimum absolute atomic E-state index is 0. The first-order valence-corrected chi connectivity index (χ1v) is 7.71. The van der Waals surface area contributed by atoms with Crippen LogP contribution in [0.3, 0.4) is 0 Å². The molecule has 1 atom stereocenters. The van der Waals surface area contributed by atoms with Crippen LogP contribution in [0.15, 0.2) is 30.3 Å². The van der Waals surface area contributed by atoms with Gasteiger partial charge in [-0.2, -0.15) is 5.10 Å². The Morgan fingerprint density at radius 2 is 1.96 bits per heavy atom. The lowest BCUT2D eigenvalue weighted by Gasteiger charge is -2.18. The van der Waals surface area contributed by atoms with Crippen LogP contribution in [0.4, 0.5) is 0 Å². The minimum atomic E-state index is 0. The third kappa shape index (κ3) is 4.48. The standard InChI is InChI=1S/C17H24N4.2ClH/c1-13-9-14(2)21(19-13)17-6-4-3-5-16(17)12-20-8-7-15(10-18)11-20;;/h3-6,9,15H,7-8,10-12,18H2,1-2H3;2*1H. The molecule has 3 rings (SSSR count). The normalized spacial score (nSPS) is 17.6. The second-order valence-electron chi connectivity index (χ2n) is 6.09. The Hall–Kier alpha value is -1.07. The summed E-state index contributed by atoms with van der Waals surface area (Å²) in [6.07, 6.45) is 1.22. The first-order valence-electron chi connectivity index (χ1n) is 7.71. The van der Waals surface area contributed by atoms with E-state index in [9.17, 15) is 0 Å². The summed E-state index contributed by atoms with van der Waals surface area (Å²) in [5.41, 5.74) is 10.6. The van der Waals surface area contributed by atoms with E-state index in [1.807, 2.05) is 6.92 Å². The molecule has 0 bridgehead atoms. The third-order valence-corrected chi connectivity index (χ3v) is 4.33. The fourth-order valence-corrected chi connectivity index (χ4v) is 3.21. The predicted molar refractivity (Wildman–Crippen MR) is 100.0 cm³/mol. The third-order valence-electron chi connectivity index (χ3n) is 4.33. The fraction of sp³-hybridized carbons (Fsp3) is 0.471. The zero-order valence-electron chi connectivity index (χ0n) is 13.7. The molecule has 0 radical (unpaired) electrons. The zero-order valence-corrected chi connectivity index (χ0v) is 15.4. The van der Waals surface area contributed by atoms with Crippen LogP contribution in [0.25, 0.3) is 5.69 Å². The second-order valence-corrected chi connectivity index (χ2v) is 6.09. The van der Waals surface area contributed by atoms with Gasteiger partial charge in [0.25, 0.3) is 0 Å². The van der Waals surface area contributed by atoms with Crippen LogP contribution in [0.1, 0.15) is 23.4 Å². The van der Waals surface area contributed by atoms with Gasteiger partial charge < -0.3 is 5.73 Å². The van der Waals surface area contributed by atoms with Crippen molar-refractivity contribution < 1.29 is 0 Å². The number of nitrogens with zero attached hydrogens (tertiary/aromatic N) is 3. The molecule has 2 heterocycles. The fourth-order valence-electron chi connectivity index (χ4n) is 3.21. The highest BCUT2D eigenvalue weighted by atomic mass is 35.5. The number of aromatic nitrogens is 2. The first-order chi connectivity index (χ1) is 10.2. The van der Waals surface area contributed by atoms with E-state index < -0.39 is 0 Å². The van der Waals surface area contributed by atoms with Gasteiger partial charge >= 0.3 is 0 Å². The van der Waals surface area contributed by atoms with Gasteiger partial charge in [-0.15, -0.1) is 24.8 Å². The van der Waals surface area contributed by atoms with Crippen LogP contribution < -0.4 is 5.73 Å². The average molecular weight is 357 g/mol. The van der Waals surface area contributed by atoms with Crippen molar-refractivity contribution in [1.82, 2.24) is 14.7 Å². The Bertz CT molecular complexity index is 627. The maximum Gasteiger partial charge on any atom is 0.0693 e. The number of aryl methyl sites for hydroxylation is 2. The molecule has 1 unspecified atom stereocenters. The molecular weight excluding hydrogens is 331 g/mol. The van der Waals surface area contributed by atoms with Gasteiger partial charge in [0.2, 0.25) is 0 Å². The highest BCUT2D eigenvalue weighted by molar-refractivity contribution is 5.85. The molecule has 0 aliphatic carbocycles. The molecule has 2 N–H and O–H groups in total. The minimum Gasteiger partial charge on any atom is -0.330 e. The molecule has 1 aromatic carbocycles. The summed E-state index contributed by atoms with van der Waals surface area (Å²) >= 11 is 0. The molecule has 1 aromatic heterocycles. The Morgan fingerprint density at radius 3 is 2.57 bits per heavy atom. The number of hydrogen-bond acceptors (Lipinski definition) is 3. The van der Waals surface area contributed by atoms with Crippen molar-refractivity contribution >= 4 is 24.8 Å². The van der Waals surface area contributed by atoms with Crippen molar-refractivity contribution in [3.05, 3.63) is 47.3 Å². The van der Waals surface area contributed by atoms with Crippen molar-refractivity contribution in [3.63, 3.8) is 0 Å². The van der Waals surface area contributed by atoms with E-state index in [1.165, 1.54) is 23.4 Å². The smallest absolute Gasteiger partial charge is 0.0693 e. The summed E-state index contributed by atoms with van der Waals surface area (Å²) in [7, 11) is 0. The number of nitrogens with two attached hydrogens (primary N) is 1. The molecule has 1 aliphatic heterocycles. The van der Waals surface area contributed by atoms with E-state index in [0.29, 0.717) is 5.92 Å². The van der Waals surface area contributed by atoms with Gasteiger partial charge in [-0.05, 0) is 57.0 Å². The van der Waals surface area contributed by atoms with Gasteiger partial charge in [0, 0.05) is 18.8 Å². The van der Waals surface area contributed by atoms with Crippen LogP contribution in [0, 0.1) is 19.8 Å². The van der Waals surface area contributed by atoms with Crippen LogP contribution in [-0.2, 0) is 6.54 Å². The second kappa shape index (κ2) is 8.69. The van der Waals surface area contributed by atoms with Gasteiger partial charge in [0.05, 0.1) is 11.4 Å². The molecule has 0 amide bonds. The van der Waals surface area contributed by atoms with E-state index in [2.05, 4.69) is 51.9 Å². The molecule has 1 saturated heterocycles. The van der Waals surface area contributed by atoms with Gasteiger partial charge in [0.15, 0.2) is 0 Å². The lowest BCUT2D eigenvalue weighted by atomic mass is 10.1. The highest BCUT2D eigenvalue weighted by Crippen LogP contribution is 2.22. The summed E-state index contributed by atoms with van der Waals surface area (Å²) in [4.78, 5) is 2.50. The average Bonchev–Trinajstić information content (AvgIpc) is 3.06. The molecule has 2 aromatic rings.